The van der Waals surface area contributed by atoms with Gasteiger partial charge in [0.15, 0.2) is 0 Å². The van der Waals surface area contributed by atoms with Crippen molar-refractivity contribution >= 4 is 57.9 Å². The summed E-state index contributed by atoms with van der Waals surface area (Å²) in [6.07, 6.45) is 7.62. The summed E-state index contributed by atoms with van der Waals surface area (Å²) in [5.41, 5.74) is 6.85. The first-order chi connectivity index (χ1) is 32.3. The van der Waals surface area contributed by atoms with Gasteiger partial charge in [-0.2, -0.15) is 0 Å². The zero-order valence-corrected chi connectivity index (χ0v) is 39.2. The van der Waals surface area contributed by atoms with Crippen LogP contribution in [0, 0.1) is 5.92 Å². The van der Waals surface area contributed by atoms with Crippen LogP contribution < -0.4 is 32.3 Å². The van der Waals surface area contributed by atoms with Crippen molar-refractivity contribution in [2.24, 2.45) is 11.7 Å². The van der Waals surface area contributed by atoms with Crippen LogP contribution >= 0.6 is 0 Å². The van der Waals surface area contributed by atoms with Crippen molar-refractivity contribution in [2.45, 2.75) is 154 Å². The van der Waals surface area contributed by atoms with Gasteiger partial charge in [0.1, 0.15) is 24.2 Å². The number of ether oxygens (including phenoxy) is 1. The van der Waals surface area contributed by atoms with E-state index in [0.29, 0.717) is 44.1 Å². The fourth-order valence-corrected chi connectivity index (χ4v) is 8.99. The van der Waals surface area contributed by atoms with Gasteiger partial charge in [0.2, 0.25) is 35.3 Å². The molecule has 3 aromatic carbocycles. The number of ketones is 1. The van der Waals surface area contributed by atoms with Gasteiger partial charge in [0.05, 0.1) is 25.3 Å². The van der Waals surface area contributed by atoms with Gasteiger partial charge < -0.3 is 42.0 Å². The van der Waals surface area contributed by atoms with E-state index in [1.165, 1.54) is 4.90 Å². The molecule has 1 saturated heterocycles. The molecule has 1 aliphatic heterocycles. The van der Waals surface area contributed by atoms with E-state index < -0.39 is 90.0 Å². The average molecular weight is 924 g/mol. The molecule has 0 spiro atoms. The summed E-state index contributed by atoms with van der Waals surface area (Å²) in [5, 5.41) is 15.0. The Kier molecular flexibility index (Phi) is 20.3. The molecule has 67 heavy (non-hydrogen) atoms. The van der Waals surface area contributed by atoms with Crippen molar-refractivity contribution in [3.8, 4) is 0 Å². The average Bonchev–Trinajstić information content (AvgIpc) is 3.78. The number of hydrogen-bond donors (Lipinski definition) is 6. The van der Waals surface area contributed by atoms with Crippen molar-refractivity contribution in [1.82, 2.24) is 31.5 Å². The topological polar surface area (TPSA) is 235 Å². The van der Waals surface area contributed by atoms with E-state index in [0.717, 1.165) is 48.4 Å². The van der Waals surface area contributed by atoms with Crippen LogP contribution in [0.2, 0.25) is 0 Å². The second kappa shape index (κ2) is 26.2. The van der Waals surface area contributed by atoms with Crippen molar-refractivity contribution < 1.29 is 43.1 Å². The Morgan fingerprint density at radius 3 is 2.07 bits per heavy atom. The smallest absolute Gasteiger partial charge is 0.290 e. The molecule has 4 unspecified atom stereocenters. The number of amides is 7. The minimum Gasteiger partial charge on any atom is -0.372 e. The highest BCUT2D eigenvalue weighted by molar-refractivity contribution is 6.38. The molecule has 0 radical (unpaired) electrons. The molecule has 7 amide bonds. The molecule has 1 aliphatic carbocycles. The predicted octanol–water partition coefficient (Wildman–Crippen LogP) is 4.51. The monoisotopic (exact) mass is 924 g/mol. The summed E-state index contributed by atoms with van der Waals surface area (Å²) in [7, 11) is 0. The van der Waals surface area contributed by atoms with Crippen LogP contribution in [0.25, 0.3) is 10.8 Å². The lowest BCUT2D eigenvalue weighted by molar-refractivity contribution is -0.143. The highest BCUT2D eigenvalue weighted by Crippen LogP contribution is 2.31. The van der Waals surface area contributed by atoms with Crippen molar-refractivity contribution in [1.29, 1.82) is 0 Å². The first-order valence-corrected chi connectivity index (χ1v) is 24.1. The van der Waals surface area contributed by atoms with Crippen LogP contribution in [0.4, 0.5) is 0 Å². The first kappa shape index (κ1) is 51.8. The van der Waals surface area contributed by atoms with Gasteiger partial charge in [-0.1, -0.05) is 139 Å². The second-order valence-corrected chi connectivity index (χ2v) is 17.8. The van der Waals surface area contributed by atoms with E-state index in [-0.39, 0.29) is 38.3 Å². The molecule has 2 fully saturated rings. The van der Waals surface area contributed by atoms with E-state index >= 15 is 0 Å². The Bertz CT molecular complexity index is 2170. The maximum absolute atomic E-state index is 15.0. The summed E-state index contributed by atoms with van der Waals surface area (Å²) in [5.74, 6) is -5.77. The van der Waals surface area contributed by atoms with Crippen LogP contribution in [0.1, 0.15) is 127 Å². The van der Waals surface area contributed by atoms with Gasteiger partial charge in [0.25, 0.3) is 11.8 Å². The van der Waals surface area contributed by atoms with E-state index in [1.54, 1.807) is 19.1 Å². The molecule has 0 bridgehead atoms. The van der Waals surface area contributed by atoms with Crippen LogP contribution in [-0.4, -0.2) is 101 Å². The van der Waals surface area contributed by atoms with Gasteiger partial charge in [0, 0.05) is 18.5 Å². The maximum atomic E-state index is 15.0. The van der Waals surface area contributed by atoms with Crippen LogP contribution in [0.3, 0.4) is 0 Å². The number of fused-ring (bicyclic) bond motifs is 1. The van der Waals surface area contributed by atoms with E-state index in [1.807, 2.05) is 74.5 Å². The largest absolute Gasteiger partial charge is 0.372 e. The normalized spacial score (nSPS) is 17.9. The van der Waals surface area contributed by atoms with E-state index in [2.05, 4.69) is 26.6 Å². The Hall–Kier alpha value is -6.16. The fourth-order valence-electron chi connectivity index (χ4n) is 8.99. The fraction of sp³-hybridized carbons (Fsp3) is 0.529. The second-order valence-electron chi connectivity index (χ2n) is 17.8. The lowest BCUT2D eigenvalue weighted by Crippen LogP contribution is -2.58. The number of rotatable bonds is 25. The SMILES string of the molecule is CCCCC(NC(=O)C(CCCC)NC(=O)CNC(=O)C(=O)C(CCC)NC(=O)[C@@H]1C[C@@H](OCc2ccccc2)CN1C(=O)C(NC(=O)c1cccc2ccccc12)C1CCCCC1)C(N)=O. The summed E-state index contributed by atoms with van der Waals surface area (Å²) < 4.78 is 6.30. The predicted molar refractivity (Wildman–Crippen MR) is 254 cm³/mol. The highest BCUT2D eigenvalue weighted by atomic mass is 16.5. The summed E-state index contributed by atoms with van der Waals surface area (Å²) >= 11 is 0. The molecule has 0 aromatic heterocycles. The highest BCUT2D eigenvalue weighted by Gasteiger charge is 2.45. The molecule has 2 aliphatic rings. The van der Waals surface area contributed by atoms with E-state index in [9.17, 15) is 38.4 Å². The molecular weight excluding hydrogens is 855 g/mol. The van der Waals surface area contributed by atoms with E-state index in [4.69, 9.17) is 10.5 Å². The molecule has 1 saturated carbocycles. The molecule has 6 atom stereocenters. The van der Waals surface area contributed by atoms with Gasteiger partial charge >= 0.3 is 0 Å². The molecule has 7 N–H and O–H groups in total. The van der Waals surface area contributed by atoms with Crippen LogP contribution in [0.15, 0.2) is 72.8 Å². The van der Waals surface area contributed by atoms with Gasteiger partial charge in [-0.05, 0) is 60.4 Å². The quantitative estimate of drug-likeness (QED) is 0.0656. The third kappa shape index (κ3) is 14.9. The maximum Gasteiger partial charge on any atom is 0.290 e. The summed E-state index contributed by atoms with van der Waals surface area (Å²) in [6, 6.07) is 17.2. The number of carbonyl (C=O) groups is 8. The van der Waals surface area contributed by atoms with Crippen LogP contribution in [0.5, 0.6) is 0 Å². The molecular formula is C51H69N7O9. The van der Waals surface area contributed by atoms with Crippen molar-refractivity contribution in [2.75, 3.05) is 13.1 Å². The van der Waals surface area contributed by atoms with Gasteiger partial charge in [-0.15, -0.1) is 0 Å². The molecule has 1 heterocycles. The Labute approximate surface area is 393 Å². The van der Waals surface area contributed by atoms with Crippen molar-refractivity contribution in [3.63, 3.8) is 0 Å². The number of nitrogens with zero attached hydrogens (tertiary/aromatic N) is 1. The number of hydrogen-bond acceptors (Lipinski definition) is 9. The molecule has 16 nitrogen and oxygen atoms in total. The minimum absolute atomic E-state index is 0.0539. The zero-order chi connectivity index (χ0) is 48.3. The minimum atomic E-state index is -1.29. The van der Waals surface area contributed by atoms with Gasteiger partial charge in [-0.3, -0.25) is 38.4 Å². The molecule has 16 heteroatoms. The number of nitrogens with one attached hydrogen (secondary N) is 5. The number of likely N-dealkylation sites (tertiary alicyclic amines) is 1. The lowest BCUT2D eigenvalue weighted by Gasteiger charge is -2.35. The van der Waals surface area contributed by atoms with Crippen molar-refractivity contribution in [3.05, 3.63) is 83.9 Å². The number of unbranched alkanes of at least 4 members (excludes halogenated alkanes) is 2. The number of nitrogens with two attached hydrogens (primary N) is 1. The third-order valence-electron chi connectivity index (χ3n) is 12.7. The van der Waals surface area contributed by atoms with Gasteiger partial charge in [-0.25, -0.2) is 0 Å². The zero-order valence-electron chi connectivity index (χ0n) is 39.2. The first-order valence-electron chi connectivity index (χ1n) is 24.1. The summed E-state index contributed by atoms with van der Waals surface area (Å²) in [6.45, 7) is 5.30. The number of Topliss-reactive ketones (excluding diaryl/α,β-unsaturated/α-hetero) is 1. The summed E-state index contributed by atoms with van der Waals surface area (Å²) in [4.78, 5) is 110. The molecule has 5 rings (SSSR count). The molecule has 362 valence electrons. The Morgan fingerprint density at radius 1 is 0.716 bits per heavy atom. The number of primary amides is 1. The van der Waals surface area contributed by atoms with Crippen LogP contribution in [-0.2, 0) is 44.9 Å². The lowest BCUT2D eigenvalue weighted by atomic mass is 9.83. The third-order valence-corrected chi connectivity index (χ3v) is 12.7. The number of carbonyl (C=O) groups excluding carboxylic acids is 8. The number of benzene rings is 3. The Morgan fingerprint density at radius 2 is 1.39 bits per heavy atom. The Balaban J connectivity index is 1.30. The molecule has 3 aromatic rings. The standard InChI is InChI=1S/C51H69N7O9/c1-4-7-27-40(46(52)61)56-48(63)41(28-8-5-2)54-43(59)30-53-50(65)45(60)39(18-6-3)55-49(64)42-29-36(67-32-33-19-11-9-12-20-33)31-58(42)51(66)44(35-22-13-10-14-23-35)57-47(62)38-26-17-24-34-21-15-16-25-37(34)38/h9,11-12,15-17,19-21,24-26,35-36,39-42,44H,4-8,10,13-14,18,22-23,27-32H2,1-3H3,(H2,52,61)(H,53,65)(H,54,59)(H,55,64)(H,56,63)(H,57,62)/t36-,39?,40?,41?,42+,44?/m1/s1.